The van der Waals surface area contributed by atoms with Crippen LogP contribution in [0.3, 0.4) is 0 Å². The molecule has 0 aromatic carbocycles. The van der Waals surface area contributed by atoms with Crippen LogP contribution < -0.4 is 10.4 Å². The van der Waals surface area contributed by atoms with Crippen LogP contribution in [0.2, 0.25) is 0 Å². The van der Waals surface area contributed by atoms with Gasteiger partial charge in [-0.25, -0.2) is 4.79 Å². The van der Waals surface area contributed by atoms with Gasteiger partial charge in [0.25, 0.3) is 0 Å². The van der Waals surface area contributed by atoms with E-state index in [-0.39, 0.29) is 23.6 Å². The number of H-pyrrole nitrogens is 1. The lowest BCUT2D eigenvalue weighted by atomic mass is 9.79. The summed E-state index contributed by atoms with van der Waals surface area (Å²) < 4.78 is 6.82. The van der Waals surface area contributed by atoms with Gasteiger partial charge in [-0.1, -0.05) is 0 Å². The van der Waals surface area contributed by atoms with Crippen LogP contribution in [-0.4, -0.2) is 32.7 Å². The fourth-order valence-corrected chi connectivity index (χ4v) is 3.53. The van der Waals surface area contributed by atoms with Gasteiger partial charge in [0.2, 0.25) is 5.88 Å². The van der Waals surface area contributed by atoms with E-state index in [1.54, 1.807) is 23.8 Å². The molecule has 0 bridgehead atoms. The van der Waals surface area contributed by atoms with Gasteiger partial charge in [-0.3, -0.25) is 9.36 Å². The van der Waals surface area contributed by atoms with Crippen molar-refractivity contribution in [3.05, 3.63) is 22.6 Å². The smallest absolute Gasteiger partial charge is 0.327 e. The monoisotopic (exact) mass is 319 g/mol. The fraction of sp³-hybridized carbons (Fsp3) is 0.562. The van der Waals surface area contributed by atoms with E-state index in [2.05, 4.69) is 9.97 Å². The molecule has 2 N–H and O–H groups in total. The van der Waals surface area contributed by atoms with Crippen molar-refractivity contribution in [2.75, 3.05) is 7.11 Å². The number of carboxylic acid groups (broad SMARTS) is 1. The molecule has 1 unspecified atom stereocenters. The van der Waals surface area contributed by atoms with Crippen molar-refractivity contribution in [1.29, 1.82) is 0 Å². The van der Waals surface area contributed by atoms with E-state index in [0.29, 0.717) is 29.9 Å². The lowest BCUT2D eigenvalue weighted by Gasteiger charge is -2.30. The number of ether oxygens (including phenoxy) is 1. The molecular weight excluding hydrogens is 298 g/mol. The molecule has 2 heterocycles. The molecule has 2 aromatic rings. The maximum atomic E-state index is 12.3. The number of carboxylic acids is 1. The molecule has 0 radical (unpaired) electrons. The lowest BCUT2D eigenvalue weighted by molar-refractivity contribution is -0.143. The Morgan fingerprint density at radius 1 is 1.39 bits per heavy atom. The number of aliphatic carboxylic acids is 1. The first kappa shape index (κ1) is 15.6. The van der Waals surface area contributed by atoms with E-state index in [0.717, 1.165) is 12.8 Å². The zero-order valence-corrected chi connectivity index (χ0v) is 13.3. The number of rotatable bonds is 4. The van der Waals surface area contributed by atoms with E-state index in [4.69, 9.17) is 9.84 Å². The number of imidazole rings is 1. The largest absolute Gasteiger partial charge is 0.481 e. The molecule has 1 aliphatic rings. The highest BCUT2D eigenvalue weighted by Crippen LogP contribution is 2.36. The normalized spacial score (nSPS) is 22.9. The van der Waals surface area contributed by atoms with Gasteiger partial charge < -0.3 is 14.8 Å². The van der Waals surface area contributed by atoms with E-state index in [9.17, 15) is 9.59 Å². The highest BCUT2D eigenvalue weighted by molar-refractivity contribution is 5.71. The number of nitrogens with zero attached hydrogens (tertiary/aromatic N) is 2. The van der Waals surface area contributed by atoms with Gasteiger partial charge in [0.1, 0.15) is 0 Å². The second kappa shape index (κ2) is 6.06. The van der Waals surface area contributed by atoms with Crippen LogP contribution in [0.1, 0.15) is 38.6 Å². The first-order valence-corrected chi connectivity index (χ1v) is 7.89. The summed E-state index contributed by atoms with van der Waals surface area (Å²) in [6.07, 6.45) is 2.94. The van der Waals surface area contributed by atoms with Crippen LogP contribution in [0.5, 0.6) is 5.88 Å². The molecule has 1 saturated carbocycles. The zero-order valence-electron chi connectivity index (χ0n) is 13.3. The zero-order chi connectivity index (χ0) is 16.6. The summed E-state index contributed by atoms with van der Waals surface area (Å²) in [5.74, 6) is -0.231. The number of aromatic nitrogens is 3. The summed E-state index contributed by atoms with van der Waals surface area (Å²) in [4.78, 5) is 30.6. The molecule has 3 rings (SSSR count). The number of pyridine rings is 1. The van der Waals surface area contributed by atoms with Crippen molar-refractivity contribution < 1.29 is 14.6 Å². The Labute approximate surface area is 133 Å². The number of carbonyl (C=O) groups is 1. The Bertz CT molecular complexity index is 771. The Morgan fingerprint density at radius 2 is 2.09 bits per heavy atom. The number of methoxy groups -OCH3 is 1. The molecule has 7 heteroatoms. The van der Waals surface area contributed by atoms with Gasteiger partial charge in [0, 0.05) is 12.1 Å². The van der Waals surface area contributed by atoms with Gasteiger partial charge in [-0.2, -0.15) is 4.98 Å². The highest BCUT2D eigenvalue weighted by atomic mass is 16.5. The summed E-state index contributed by atoms with van der Waals surface area (Å²) >= 11 is 0. The van der Waals surface area contributed by atoms with Crippen molar-refractivity contribution in [1.82, 2.24) is 14.5 Å². The van der Waals surface area contributed by atoms with E-state index >= 15 is 0 Å². The Balaban J connectivity index is 1.89. The third-order valence-electron chi connectivity index (χ3n) is 4.96. The summed E-state index contributed by atoms with van der Waals surface area (Å²) in [7, 11) is 1.54. The SMILES string of the molecule is COc1ccc2[nH]c(=O)n(C(C)[C@H]3CC[C@H](C(=O)O)CC3)c2n1. The van der Waals surface area contributed by atoms with Crippen LogP contribution in [0.15, 0.2) is 16.9 Å². The molecule has 1 atom stereocenters. The van der Waals surface area contributed by atoms with Crippen molar-refractivity contribution >= 4 is 17.1 Å². The van der Waals surface area contributed by atoms with Gasteiger partial charge >= 0.3 is 11.7 Å². The van der Waals surface area contributed by atoms with E-state index in [1.807, 2.05) is 6.92 Å². The Hall–Kier alpha value is -2.31. The number of hydrogen-bond donors (Lipinski definition) is 2. The Kier molecular flexibility index (Phi) is 4.11. The molecule has 7 nitrogen and oxygen atoms in total. The minimum absolute atomic E-state index is 0.0365. The maximum absolute atomic E-state index is 12.3. The van der Waals surface area contributed by atoms with Gasteiger partial charge in [0.15, 0.2) is 5.65 Å². The van der Waals surface area contributed by atoms with Crippen molar-refractivity contribution in [2.45, 2.75) is 38.6 Å². The summed E-state index contributed by atoms with van der Waals surface area (Å²) in [5.41, 5.74) is 1.08. The molecule has 1 fully saturated rings. The summed E-state index contributed by atoms with van der Waals surface area (Å²) in [5, 5.41) is 9.11. The number of nitrogens with one attached hydrogen (secondary N) is 1. The molecule has 0 amide bonds. The van der Waals surface area contributed by atoms with Gasteiger partial charge in [-0.15, -0.1) is 0 Å². The standard InChI is InChI=1S/C16H21N3O4/c1-9(10-3-5-11(6-4-10)15(20)21)19-14-12(17-16(19)22)7-8-13(18-14)23-2/h7-11H,3-6H2,1-2H3,(H,17,22)(H,20,21)/t9?,10-,11-. The molecule has 0 spiro atoms. The molecular formula is C16H21N3O4. The fourth-order valence-electron chi connectivity index (χ4n) is 3.53. The maximum Gasteiger partial charge on any atom is 0.327 e. The minimum atomic E-state index is -0.716. The predicted molar refractivity (Wildman–Crippen MR) is 84.7 cm³/mol. The molecule has 2 aromatic heterocycles. The van der Waals surface area contributed by atoms with Crippen molar-refractivity contribution in [3.63, 3.8) is 0 Å². The highest BCUT2D eigenvalue weighted by Gasteiger charge is 2.31. The Morgan fingerprint density at radius 3 is 2.70 bits per heavy atom. The van der Waals surface area contributed by atoms with Gasteiger partial charge in [0.05, 0.1) is 18.5 Å². The number of aromatic amines is 1. The average Bonchev–Trinajstić information content (AvgIpc) is 2.89. The molecule has 0 saturated heterocycles. The molecule has 124 valence electrons. The first-order chi connectivity index (χ1) is 11.0. The molecule has 23 heavy (non-hydrogen) atoms. The first-order valence-electron chi connectivity index (χ1n) is 7.89. The topological polar surface area (TPSA) is 97.2 Å². The average molecular weight is 319 g/mol. The third kappa shape index (κ3) is 2.83. The van der Waals surface area contributed by atoms with Crippen LogP contribution in [0.25, 0.3) is 11.2 Å². The summed E-state index contributed by atoms with van der Waals surface area (Å²) in [6, 6.07) is 3.46. The van der Waals surface area contributed by atoms with E-state index in [1.165, 1.54) is 0 Å². The van der Waals surface area contributed by atoms with Crippen LogP contribution >= 0.6 is 0 Å². The van der Waals surface area contributed by atoms with Crippen LogP contribution in [-0.2, 0) is 4.79 Å². The second-order valence-corrected chi connectivity index (χ2v) is 6.22. The quantitative estimate of drug-likeness (QED) is 0.900. The predicted octanol–water partition coefficient (Wildman–Crippen LogP) is 2.19. The summed E-state index contributed by atoms with van der Waals surface area (Å²) in [6.45, 7) is 2.00. The minimum Gasteiger partial charge on any atom is -0.481 e. The molecule has 1 aliphatic carbocycles. The van der Waals surface area contributed by atoms with E-state index < -0.39 is 5.97 Å². The number of fused-ring (bicyclic) bond motifs is 1. The second-order valence-electron chi connectivity index (χ2n) is 6.22. The third-order valence-corrected chi connectivity index (χ3v) is 4.96. The van der Waals surface area contributed by atoms with Crippen LogP contribution in [0, 0.1) is 11.8 Å². The van der Waals surface area contributed by atoms with Crippen LogP contribution in [0.4, 0.5) is 0 Å². The van der Waals surface area contributed by atoms with Gasteiger partial charge in [-0.05, 0) is 44.6 Å². The molecule has 0 aliphatic heterocycles. The lowest BCUT2D eigenvalue weighted by Crippen LogP contribution is -2.30. The van der Waals surface area contributed by atoms with Crippen molar-refractivity contribution in [2.24, 2.45) is 11.8 Å². The van der Waals surface area contributed by atoms with Crippen molar-refractivity contribution in [3.8, 4) is 5.88 Å². The number of hydrogen-bond acceptors (Lipinski definition) is 4.